The molecule has 0 aliphatic rings. The van der Waals surface area contributed by atoms with E-state index in [-0.39, 0.29) is 5.82 Å². The van der Waals surface area contributed by atoms with E-state index in [9.17, 15) is 4.39 Å². The monoisotopic (exact) mass is 327 g/mol. The van der Waals surface area contributed by atoms with Crippen LogP contribution in [0, 0.1) is 19.7 Å². The van der Waals surface area contributed by atoms with E-state index in [4.69, 9.17) is 4.98 Å². The minimum Gasteiger partial charge on any atom is -0.248 e. The summed E-state index contributed by atoms with van der Waals surface area (Å²) in [5.41, 5.74) is 5.09. The van der Waals surface area contributed by atoms with Crippen molar-refractivity contribution < 1.29 is 4.39 Å². The molecule has 0 N–H and O–H groups in total. The Morgan fingerprint density at radius 3 is 2.32 bits per heavy atom. The number of fused-ring (bicyclic) bond motifs is 3. The number of aryl methyl sites for hydroxylation is 2. The van der Waals surface area contributed by atoms with Gasteiger partial charge in [0.25, 0.3) is 0 Å². The van der Waals surface area contributed by atoms with Crippen molar-refractivity contribution >= 4 is 33.8 Å². The molecule has 0 saturated heterocycles. The summed E-state index contributed by atoms with van der Waals surface area (Å²) in [6.07, 6.45) is 3.88. The quantitative estimate of drug-likeness (QED) is 0.393. The highest BCUT2D eigenvalue weighted by Gasteiger charge is 2.07. The first kappa shape index (κ1) is 15.5. The summed E-state index contributed by atoms with van der Waals surface area (Å²) in [7, 11) is 0. The number of halogens is 1. The SMILES string of the molecule is Cc1ccc2c(c1)nc(/C=C/c1cccc(F)c1)c1cc(C)ccc12. The van der Waals surface area contributed by atoms with Crippen LogP contribution in [0.4, 0.5) is 4.39 Å². The lowest BCUT2D eigenvalue weighted by Crippen LogP contribution is -1.90. The number of hydrogen-bond donors (Lipinski definition) is 0. The topological polar surface area (TPSA) is 12.9 Å². The van der Waals surface area contributed by atoms with Crippen molar-refractivity contribution in [2.45, 2.75) is 13.8 Å². The summed E-state index contributed by atoms with van der Waals surface area (Å²) >= 11 is 0. The van der Waals surface area contributed by atoms with Gasteiger partial charge in [0.2, 0.25) is 0 Å². The van der Waals surface area contributed by atoms with Gasteiger partial charge in [0.05, 0.1) is 11.2 Å². The standard InChI is InChI=1S/C23H18FN/c1-15-6-9-19-20-10-7-16(2)13-23(20)25-22(21(19)12-15)11-8-17-4-3-5-18(24)14-17/h3-14H,1-2H3/b11-8+. The fourth-order valence-corrected chi connectivity index (χ4v) is 3.17. The molecule has 0 bridgehead atoms. The number of pyridine rings is 1. The second-order valence-electron chi connectivity index (χ2n) is 6.46. The summed E-state index contributed by atoms with van der Waals surface area (Å²) in [4.78, 5) is 4.86. The lowest BCUT2D eigenvalue weighted by atomic mass is 10.0. The molecule has 2 heteroatoms. The lowest BCUT2D eigenvalue weighted by Gasteiger charge is -2.09. The first-order chi connectivity index (χ1) is 12.1. The van der Waals surface area contributed by atoms with Crippen LogP contribution in [0.5, 0.6) is 0 Å². The Bertz CT molecular complexity index is 1130. The number of benzene rings is 3. The second-order valence-corrected chi connectivity index (χ2v) is 6.46. The summed E-state index contributed by atoms with van der Waals surface area (Å²) in [5.74, 6) is -0.232. The predicted octanol–water partition coefficient (Wildman–Crippen LogP) is 6.31. The van der Waals surface area contributed by atoms with Gasteiger partial charge in [-0.25, -0.2) is 9.37 Å². The van der Waals surface area contributed by atoms with E-state index in [0.717, 1.165) is 27.5 Å². The van der Waals surface area contributed by atoms with Gasteiger partial charge >= 0.3 is 0 Å². The predicted molar refractivity (Wildman–Crippen MR) is 104 cm³/mol. The highest BCUT2D eigenvalue weighted by Crippen LogP contribution is 2.29. The number of rotatable bonds is 2. The Hall–Kier alpha value is -3.00. The van der Waals surface area contributed by atoms with E-state index < -0.39 is 0 Å². The average Bonchev–Trinajstić information content (AvgIpc) is 2.59. The molecular formula is C23H18FN. The van der Waals surface area contributed by atoms with E-state index >= 15 is 0 Å². The fraction of sp³-hybridized carbons (Fsp3) is 0.0870. The Labute approximate surface area is 146 Å². The van der Waals surface area contributed by atoms with Crippen molar-refractivity contribution in [3.63, 3.8) is 0 Å². The van der Waals surface area contributed by atoms with E-state index in [0.29, 0.717) is 0 Å². The van der Waals surface area contributed by atoms with Crippen LogP contribution < -0.4 is 0 Å². The molecule has 4 aromatic rings. The van der Waals surface area contributed by atoms with Gasteiger partial charge in [-0.3, -0.25) is 0 Å². The highest BCUT2D eigenvalue weighted by atomic mass is 19.1. The normalized spacial score (nSPS) is 11.6. The lowest BCUT2D eigenvalue weighted by molar-refractivity contribution is 0.627. The van der Waals surface area contributed by atoms with Crippen molar-refractivity contribution in [3.8, 4) is 0 Å². The Morgan fingerprint density at radius 2 is 1.52 bits per heavy atom. The van der Waals surface area contributed by atoms with Crippen molar-refractivity contribution in [3.05, 3.63) is 88.9 Å². The molecule has 0 aliphatic carbocycles. The van der Waals surface area contributed by atoms with Crippen molar-refractivity contribution in [1.29, 1.82) is 0 Å². The molecule has 0 unspecified atom stereocenters. The third kappa shape index (κ3) is 3.03. The molecule has 0 amide bonds. The van der Waals surface area contributed by atoms with Crippen LogP contribution >= 0.6 is 0 Å². The van der Waals surface area contributed by atoms with Crippen LogP contribution in [0.1, 0.15) is 22.4 Å². The molecule has 0 aliphatic heterocycles. The minimum atomic E-state index is -0.232. The van der Waals surface area contributed by atoms with Gasteiger partial charge in [-0.15, -0.1) is 0 Å². The Balaban J connectivity index is 1.95. The van der Waals surface area contributed by atoms with Crippen LogP contribution in [-0.4, -0.2) is 4.98 Å². The molecule has 0 fully saturated rings. The molecule has 0 saturated carbocycles. The van der Waals surface area contributed by atoms with E-state index in [1.165, 1.54) is 28.6 Å². The zero-order chi connectivity index (χ0) is 17.4. The van der Waals surface area contributed by atoms with Gasteiger partial charge in [0.15, 0.2) is 0 Å². The molecule has 0 spiro atoms. The third-order valence-corrected chi connectivity index (χ3v) is 4.42. The summed E-state index contributed by atoms with van der Waals surface area (Å²) in [6, 6.07) is 19.4. The maximum Gasteiger partial charge on any atom is 0.123 e. The molecular weight excluding hydrogens is 309 g/mol. The second kappa shape index (κ2) is 6.14. The largest absolute Gasteiger partial charge is 0.248 e. The van der Waals surface area contributed by atoms with Crippen LogP contribution in [-0.2, 0) is 0 Å². The summed E-state index contributed by atoms with van der Waals surface area (Å²) in [6.45, 7) is 4.15. The smallest absolute Gasteiger partial charge is 0.123 e. The van der Waals surface area contributed by atoms with Crippen molar-refractivity contribution in [2.75, 3.05) is 0 Å². The first-order valence-corrected chi connectivity index (χ1v) is 8.34. The van der Waals surface area contributed by atoms with Gasteiger partial charge in [-0.1, -0.05) is 48.0 Å². The molecule has 122 valence electrons. The maximum absolute atomic E-state index is 13.4. The Morgan fingerprint density at radius 1 is 0.760 bits per heavy atom. The Kier molecular flexibility index (Phi) is 3.81. The highest BCUT2D eigenvalue weighted by molar-refractivity contribution is 6.09. The average molecular weight is 327 g/mol. The summed E-state index contributed by atoms with van der Waals surface area (Å²) in [5, 5.41) is 3.46. The molecule has 1 heterocycles. The molecule has 3 aromatic carbocycles. The van der Waals surface area contributed by atoms with Crippen LogP contribution in [0.25, 0.3) is 33.8 Å². The van der Waals surface area contributed by atoms with E-state index in [2.05, 4.69) is 50.2 Å². The third-order valence-electron chi connectivity index (χ3n) is 4.42. The van der Waals surface area contributed by atoms with Gasteiger partial charge in [0, 0.05) is 10.8 Å². The molecule has 0 radical (unpaired) electrons. The minimum absolute atomic E-state index is 0.232. The van der Waals surface area contributed by atoms with E-state index in [1.54, 1.807) is 6.07 Å². The molecule has 0 atom stereocenters. The fourth-order valence-electron chi connectivity index (χ4n) is 3.17. The van der Waals surface area contributed by atoms with Crippen LogP contribution in [0.3, 0.4) is 0 Å². The molecule has 1 aromatic heterocycles. The first-order valence-electron chi connectivity index (χ1n) is 8.34. The van der Waals surface area contributed by atoms with Crippen LogP contribution in [0.15, 0.2) is 60.7 Å². The number of aromatic nitrogens is 1. The zero-order valence-electron chi connectivity index (χ0n) is 14.3. The van der Waals surface area contributed by atoms with Crippen molar-refractivity contribution in [1.82, 2.24) is 4.98 Å². The van der Waals surface area contributed by atoms with Crippen LogP contribution in [0.2, 0.25) is 0 Å². The zero-order valence-corrected chi connectivity index (χ0v) is 14.3. The molecule has 25 heavy (non-hydrogen) atoms. The van der Waals surface area contributed by atoms with Crippen molar-refractivity contribution in [2.24, 2.45) is 0 Å². The number of nitrogens with zero attached hydrogens (tertiary/aromatic N) is 1. The molecule has 4 rings (SSSR count). The van der Waals surface area contributed by atoms with Gasteiger partial charge in [-0.05, 0) is 60.7 Å². The van der Waals surface area contributed by atoms with Gasteiger partial charge in [-0.2, -0.15) is 0 Å². The maximum atomic E-state index is 13.4. The molecule has 1 nitrogen and oxygen atoms in total. The van der Waals surface area contributed by atoms with Gasteiger partial charge in [0.1, 0.15) is 5.82 Å². The van der Waals surface area contributed by atoms with Gasteiger partial charge < -0.3 is 0 Å². The van der Waals surface area contributed by atoms with E-state index in [1.807, 2.05) is 18.2 Å². The summed E-state index contributed by atoms with van der Waals surface area (Å²) < 4.78 is 13.4. The number of hydrogen-bond acceptors (Lipinski definition) is 1.